The Labute approximate surface area is 203 Å². The number of carbonyl (C=O) groups is 1. The monoisotopic (exact) mass is 505 g/mol. The van der Waals surface area contributed by atoms with Crippen molar-refractivity contribution in [2.45, 2.75) is 49.6 Å². The fraction of sp³-hybridized carbons (Fsp3) is 0.458. The average molecular weight is 506 g/mol. The summed E-state index contributed by atoms with van der Waals surface area (Å²) < 4.78 is 47.6. The first-order chi connectivity index (χ1) is 16.6. The Morgan fingerprint density at radius 1 is 1.23 bits per heavy atom. The molecule has 1 aliphatic heterocycles. The fourth-order valence-electron chi connectivity index (χ4n) is 5.07. The lowest BCUT2D eigenvalue weighted by atomic mass is 9.98. The summed E-state index contributed by atoms with van der Waals surface area (Å²) in [5, 5.41) is 11.4. The van der Waals surface area contributed by atoms with Crippen molar-refractivity contribution < 1.29 is 27.3 Å². The summed E-state index contributed by atoms with van der Waals surface area (Å²) in [7, 11) is -2.87. The molecule has 0 spiro atoms. The van der Waals surface area contributed by atoms with Gasteiger partial charge in [-0.25, -0.2) is 12.8 Å². The number of methoxy groups -OCH3 is 1. The molecular weight excluding hydrogens is 477 g/mol. The lowest BCUT2D eigenvalue weighted by Gasteiger charge is -2.41. The van der Waals surface area contributed by atoms with Gasteiger partial charge < -0.3 is 4.74 Å². The van der Waals surface area contributed by atoms with Gasteiger partial charge in [0.1, 0.15) is 11.9 Å². The Morgan fingerprint density at radius 2 is 1.91 bits per heavy atom. The van der Waals surface area contributed by atoms with Gasteiger partial charge >= 0.3 is 5.97 Å². The summed E-state index contributed by atoms with van der Waals surface area (Å²) >= 11 is 0. The second kappa shape index (κ2) is 10.00. The van der Waals surface area contributed by atoms with Gasteiger partial charge in [-0.1, -0.05) is 18.2 Å². The van der Waals surface area contributed by atoms with Gasteiger partial charge in [-0.05, 0) is 55.0 Å². The zero-order chi connectivity index (χ0) is 25.3. The van der Waals surface area contributed by atoms with Crippen molar-refractivity contribution in [3.8, 4) is 0 Å². The van der Waals surface area contributed by atoms with Gasteiger partial charge in [0.2, 0.25) is 10.0 Å². The lowest BCUT2D eigenvalue weighted by molar-refractivity contribution is -0.387. The maximum Gasteiger partial charge on any atom is 0.323 e. The smallest absolute Gasteiger partial charge is 0.323 e. The molecule has 0 unspecified atom stereocenters. The molecule has 11 heteroatoms. The van der Waals surface area contributed by atoms with E-state index in [4.69, 9.17) is 4.74 Å². The van der Waals surface area contributed by atoms with E-state index in [1.807, 2.05) is 6.07 Å². The highest BCUT2D eigenvalue weighted by atomic mass is 32.2. The molecule has 4 rings (SSSR count). The Hall–Kier alpha value is -2.89. The SMILES string of the molecule is COC(=O)[C@H](Cc1cc2c(cc1F)CCC2)N1CCN(S(=O)(=O)c2ccccc2[N+](=O)[O-])[C@@H](C)C1. The van der Waals surface area contributed by atoms with Gasteiger partial charge in [0, 0.05) is 38.2 Å². The van der Waals surface area contributed by atoms with Crippen molar-refractivity contribution >= 4 is 21.7 Å². The minimum Gasteiger partial charge on any atom is -0.468 e. The average Bonchev–Trinajstić information content (AvgIpc) is 3.28. The molecule has 2 atom stereocenters. The van der Waals surface area contributed by atoms with Crippen molar-refractivity contribution in [2.24, 2.45) is 0 Å². The van der Waals surface area contributed by atoms with Gasteiger partial charge in [0.15, 0.2) is 4.90 Å². The second-order valence-electron chi connectivity index (χ2n) is 8.99. The van der Waals surface area contributed by atoms with E-state index in [0.29, 0.717) is 5.56 Å². The first kappa shape index (κ1) is 25.2. The number of hydrogen-bond donors (Lipinski definition) is 0. The highest BCUT2D eigenvalue weighted by Crippen LogP contribution is 2.30. The number of nitrogens with zero attached hydrogens (tertiary/aromatic N) is 3. The third-order valence-corrected chi connectivity index (χ3v) is 8.90. The number of nitro groups is 1. The third-order valence-electron chi connectivity index (χ3n) is 6.83. The summed E-state index contributed by atoms with van der Waals surface area (Å²) in [6.07, 6.45) is 2.81. The fourth-order valence-corrected chi connectivity index (χ4v) is 6.84. The van der Waals surface area contributed by atoms with Crippen molar-refractivity contribution in [1.29, 1.82) is 0 Å². The maximum absolute atomic E-state index is 14.8. The van der Waals surface area contributed by atoms with E-state index in [1.54, 1.807) is 17.9 Å². The van der Waals surface area contributed by atoms with Crippen LogP contribution in [0.5, 0.6) is 0 Å². The molecule has 1 aliphatic carbocycles. The molecule has 1 fully saturated rings. The van der Waals surface area contributed by atoms with Gasteiger partial charge in [-0.2, -0.15) is 4.31 Å². The number of halogens is 1. The summed E-state index contributed by atoms with van der Waals surface area (Å²) in [6.45, 7) is 2.08. The molecule has 35 heavy (non-hydrogen) atoms. The molecule has 0 aromatic heterocycles. The molecule has 2 aromatic carbocycles. The Bertz CT molecular complexity index is 1250. The van der Waals surface area contributed by atoms with Crippen LogP contribution < -0.4 is 0 Å². The van der Waals surface area contributed by atoms with Crippen molar-refractivity contribution in [3.63, 3.8) is 0 Å². The Balaban J connectivity index is 1.56. The molecule has 1 heterocycles. The predicted octanol–water partition coefficient (Wildman–Crippen LogP) is 2.70. The number of para-hydroxylation sites is 1. The van der Waals surface area contributed by atoms with E-state index in [9.17, 15) is 27.7 Å². The molecule has 1 saturated heterocycles. The van der Waals surface area contributed by atoms with Crippen molar-refractivity contribution in [1.82, 2.24) is 9.21 Å². The van der Waals surface area contributed by atoms with Crippen molar-refractivity contribution in [3.05, 3.63) is 69.0 Å². The van der Waals surface area contributed by atoms with Crippen molar-refractivity contribution in [2.75, 3.05) is 26.7 Å². The summed E-state index contributed by atoms with van der Waals surface area (Å²) in [6, 6.07) is 7.25. The number of aryl methyl sites for hydroxylation is 2. The molecular formula is C24H28FN3O6S. The predicted molar refractivity (Wildman–Crippen MR) is 126 cm³/mol. The molecule has 0 radical (unpaired) electrons. The van der Waals surface area contributed by atoms with Crippen LogP contribution in [-0.2, 0) is 38.8 Å². The zero-order valence-electron chi connectivity index (χ0n) is 19.6. The first-order valence-electron chi connectivity index (χ1n) is 11.5. The van der Waals surface area contributed by atoms with Gasteiger partial charge in [-0.3, -0.25) is 19.8 Å². The normalized spacial score (nSPS) is 19.8. The van der Waals surface area contributed by atoms with E-state index >= 15 is 0 Å². The number of sulfonamides is 1. The lowest BCUT2D eigenvalue weighted by Crippen LogP contribution is -2.58. The highest BCUT2D eigenvalue weighted by Gasteiger charge is 2.40. The molecule has 0 bridgehead atoms. The number of esters is 1. The number of rotatable bonds is 7. The Kier molecular flexibility index (Phi) is 7.20. The minimum absolute atomic E-state index is 0.0235. The molecule has 9 nitrogen and oxygen atoms in total. The summed E-state index contributed by atoms with van der Waals surface area (Å²) in [5.41, 5.74) is 2.05. The molecule has 0 saturated carbocycles. The van der Waals surface area contributed by atoms with E-state index < -0.39 is 38.7 Å². The summed E-state index contributed by atoms with van der Waals surface area (Å²) in [4.78, 5) is 24.8. The third kappa shape index (κ3) is 4.93. The number of benzene rings is 2. The maximum atomic E-state index is 14.8. The molecule has 2 aliphatic rings. The molecule has 188 valence electrons. The van der Waals surface area contributed by atoms with Crippen LogP contribution in [0.3, 0.4) is 0 Å². The van der Waals surface area contributed by atoms with Gasteiger partial charge in [0.25, 0.3) is 5.69 Å². The number of ether oxygens (including phenoxy) is 1. The number of fused-ring (bicyclic) bond motifs is 1. The molecule has 2 aromatic rings. The van der Waals surface area contributed by atoms with E-state index in [-0.39, 0.29) is 36.8 Å². The van der Waals surface area contributed by atoms with Crippen LogP contribution in [0.25, 0.3) is 0 Å². The van der Waals surface area contributed by atoms with Crippen LogP contribution in [-0.4, -0.2) is 67.3 Å². The van der Waals surface area contributed by atoms with Crippen LogP contribution >= 0.6 is 0 Å². The van der Waals surface area contributed by atoms with Crippen LogP contribution in [0.1, 0.15) is 30.0 Å². The highest BCUT2D eigenvalue weighted by molar-refractivity contribution is 7.89. The topological polar surface area (TPSA) is 110 Å². The number of nitro benzene ring substituents is 1. The van der Waals surface area contributed by atoms with E-state index in [1.165, 1.54) is 29.6 Å². The number of carbonyl (C=O) groups excluding carboxylic acids is 1. The summed E-state index contributed by atoms with van der Waals surface area (Å²) in [5.74, 6) is -0.877. The van der Waals surface area contributed by atoms with Crippen LogP contribution in [0.15, 0.2) is 41.3 Å². The quantitative estimate of drug-likeness (QED) is 0.323. The Morgan fingerprint density at radius 3 is 2.57 bits per heavy atom. The molecule has 0 amide bonds. The largest absolute Gasteiger partial charge is 0.468 e. The molecule has 0 N–H and O–H groups in total. The zero-order valence-corrected chi connectivity index (χ0v) is 20.5. The first-order valence-corrected chi connectivity index (χ1v) is 12.9. The van der Waals surface area contributed by atoms with E-state index in [2.05, 4.69) is 0 Å². The van der Waals surface area contributed by atoms with Gasteiger partial charge in [-0.15, -0.1) is 0 Å². The minimum atomic E-state index is -4.15. The van der Waals surface area contributed by atoms with Gasteiger partial charge in [0.05, 0.1) is 12.0 Å². The standard InChI is InChI=1S/C24H28FN3O6S/c1-16-15-26(10-11-27(16)35(32,33)23-9-4-3-8-21(23)28(30)31)22(24(29)34-2)14-19-12-17-6-5-7-18(17)13-20(19)25/h3-4,8-9,12-13,16,22H,5-7,10-11,14-15H2,1-2H3/t16-,22-/m0/s1. The number of piperazine rings is 1. The van der Waals surface area contributed by atoms with Crippen LogP contribution in [0.4, 0.5) is 10.1 Å². The van der Waals surface area contributed by atoms with Crippen LogP contribution in [0, 0.1) is 15.9 Å². The van der Waals surface area contributed by atoms with E-state index in [0.717, 1.165) is 36.5 Å². The number of hydrogen-bond acceptors (Lipinski definition) is 7. The second-order valence-corrected chi connectivity index (χ2v) is 10.9. The van der Waals surface area contributed by atoms with Crippen LogP contribution in [0.2, 0.25) is 0 Å².